The van der Waals surface area contributed by atoms with Crippen LogP contribution in [-0.2, 0) is 4.74 Å². The highest BCUT2D eigenvalue weighted by molar-refractivity contribution is 5.89. The van der Waals surface area contributed by atoms with Crippen molar-refractivity contribution in [2.75, 3.05) is 13.2 Å². The lowest BCUT2D eigenvalue weighted by atomic mass is 9.79. The molecule has 14 heavy (non-hydrogen) atoms. The summed E-state index contributed by atoms with van der Waals surface area (Å²) in [7, 11) is 0. The topological polar surface area (TPSA) is 97.3 Å². The summed E-state index contributed by atoms with van der Waals surface area (Å²) in [6.45, 7) is 0.505. The zero-order chi connectivity index (χ0) is 10.4. The normalized spacial score (nSPS) is 20.2. The first kappa shape index (κ1) is 11.1. The van der Waals surface area contributed by atoms with Crippen molar-refractivity contribution < 1.29 is 9.84 Å². The highest BCUT2D eigenvalue weighted by atomic mass is 16.5. The Balaban J connectivity index is 2.48. The highest BCUT2D eigenvalue weighted by Gasteiger charge is 2.42. The number of aliphatic hydroxyl groups is 1. The monoisotopic (exact) mass is 201 g/mol. The second-order valence-electron chi connectivity index (χ2n) is 3.34. The smallest absolute Gasteiger partial charge is 0.158 e. The number of nitrogens with zero attached hydrogens (tertiary/aromatic N) is 2. The predicted octanol–water partition coefficient (Wildman–Crippen LogP) is 0.347. The molecule has 1 rings (SSSR count). The van der Waals surface area contributed by atoms with Crippen LogP contribution >= 0.6 is 0 Å². The average molecular weight is 201 g/mol. The summed E-state index contributed by atoms with van der Waals surface area (Å²) in [6.07, 6.45) is 3.10. The molecule has 6 heteroatoms. The fourth-order valence-corrected chi connectivity index (χ4v) is 1.44. The molecule has 0 atom stereocenters. The average Bonchev–Trinajstić information content (AvgIpc) is 2.10. The first-order valence-electron chi connectivity index (χ1n) is 4.66. The lowest BCUT2D eigenvalue weighted by molar-refractivity contribution is -0.0509. The molecular formula is C8H15N3O3. The molecule has 1 saturated carbocycles. The van der Waals surface area contributed by atoms with Gasteiger partial charge in [-0.05, 0) is 25.7 Å². The number of aliphatic hydroxyl groups excluding tert-OH is 1. The third-order valence-corrected chi connectivity index (χ3v) is 2.46. The van der Waals surface area contributed by atoms with E-state index in [0.717, 1.165) is 19.3 Å². The first-order valence-corrected chi connectivity index (χ1v) is 4.66. The van der Waals surface area contributed by atoms with Crippen molar-refractivity contribution in [1.82, 2.24) is 0 Å². The molecule has 0 bridgehead atoms. The van der Waals surface area contributed by atoms with Crippen LogP contribution in [0.4, 0.5) is 0 Å². The maximum Gasteiger partial charge on any atom is 0.158 e. The SMILES string of the molecule is N/C(=N\N=O)C1(OCCCO)CCC1. The first-order chi connectivity index (χ1) is 6.75. The van der Waals surface area contributed by atoms with E-state index in [0.29, 0.717) is 13.0 Å². The maximum absolute atomic E-state index is 9.92. The summed E-state index contributed by atoms with van der Waals surface area (Å²) in [6, 6.07) is 0. The van der Waals surface area contributed by atoms with Gasteiger partial charge in [0, 0.05) is 6.61 Å². The number of nitrogens with two attached hydrogens (primary N) is 1. The highest BCUT2D eigenvalue weighted by Crippen LogP contribution is 2.35. The summed E-state index contributed by atoms with van der Waals surface area (Å²) < 4.78 is 5.51. The molecule has 0 spiro atoms. The second-order valence-corrected chi connectivity index (χ2v) is 3.34. The van der Waals surface area contributed by atoms with Gasteiger partial charge in [-0.3, -0.25) is 0 Å². The van der Waals surface area contributed by atoms with Crippen LogP contribution in [0.25, 0.3) is 0 Å². The van der Waals surface area contributed by atoms with E-state index >= 15 is 0 Å². The zero-order valence-corrected chi connectivity index (χ0v) is 7.98. The molecule has 0 aromatic rings. The van der Waals surface area contributed by atoms with Crippen LogP contribution in [0, 0.1) is 4.91 Å². The van der Waals surface area contributed by atoms with Gasteiger partial charge >= 0.3 is 0 Å². The third kappa shape index (κ3) is 2.27. The Bertz CT molecular complexity index is 226. The molecule has 1 aliphatic rings. The van der Waals surface area contributed by atoms with Crippen LogP contribution in [0.2, 0.25) is 0 Å². The molecule has 0 radical (unpaired) electrons. The molecular weight excluding hydrogens is 186 g/mol. The summed E-state index contributed by atoms with van der Waals surface area (Å²) in [5.41, 5.74) is 4.98. The summed E-state index contributed by atoms with van der Waals surface area (Å²) in [4.78, 5) is 9.92. The molecule has 0 unspecified atom stereocenters. The minimum atomic E-state index is -0.594. The Morgan fingerprint density at radius 3 is 2.71 bits per heavy atom. The minimum absolute atomic E-state index is 0.0824. The van der Waals surface area contributed by atoms with Crippen molar-refractivity contribution in [2.45, 2.75) is 31.3 Å². The van der Waals surface area contributed by atoms with E-state index in [4.69, 9.17) is 15.6 Å². The van der Waals surface area contributed by atoms with Crippen molar-refractivity contribution in [3.8, 4) is 0 Å². The van der Waals surface area contributed by atoms with E-state index in [1.54, 1.807) is 0 Å². The second kappa shape index (κ2) is 5.02. The van der Waals surface area contributed by atoms with Crippen LogP contribution in [0.1, 0.15) is 25.7 Å². The zero-order valence-electron chi connectivity index (χ0n) is 7.98. The molecule has 0 aliphatic heterocycles. The van der Waals surface area contributed by atoms with Crippen LogP contribution < -0.4 is 5.73 Å². The van der Waals surface area contributed by atoms with Gasteiger partial charge in [0.2, 0.25) is 0 Å². The van der Waals surface area contributed by atoms with Crippen LogP contribution in [0.15, 0.2) is 10.4 Å². The number of hydrogen-bond donors (Lipinski definition) is 2. The summed E-state index contributed by atoms with van der Waals surface area (Å²) >= 11 is 0. The molecule has 0 amide bonds. The molecule has 3 N–H and O–H groups in total. The van der Waals surface area contributed by atoms with Gasteiger partial charge in [0.15, 0.2) is 5.84 Å². The lowest BCUT2D eigenvalue weighted by Gasteiger charge is -2.40. The molecule has 0 aromatic carbocycles. The molecule has 0 saturated heterocycles. The van der Waals surface area contributed by atoms with Gasteiger partial charge in [0.1, 0.15) is 5.60 Å². The number of hydrogen-bond acceptors (Lipinski definition) is 4. The Hall–Kier alpha value is -1.01. The minimum Gasteiger partial charge on any atom is -0.396 e. The van der Waals surface area contributed by atoms with Gasteiger partial charge in [0.05, 0.1) is 11.9 Å². The van der Waals surface area contributed by atoms with Crippen molar-refractivity contribution >= 4 is 5.84 Å². The van der Waals surface area contributed by atoms with E-state index in [9.17, 15) is 4.91 Å². The van der Waals surface area contributed by atoms with E-state index in [1.165, 1.54) is 0 Å². The van der Waals surface area contributed by atoms with Gasteiger partial charge in [-0.1, -0.05) is 5.10 Å². The fourth-order valence-electron chi connectivity index (χ4n) is 1.44. The lowest BCUT2D eigenvalue weighted by Crippen LogP contribution is -2.52. The molecule has 80 valence electrons. The number of rotatable bonds is 6. The van der Waals surface area contributed by atoms with Crippen molar-refractivity contribution in [1.29, 1.82) is 0 Å². The predicted molar refractivity (Wildman–Crippen MR) is 51.7 cm³/mol. The molecule has 1 aliphatic carbocycles. The van der Waals surface area contributed by atoms with E-state index in [2.05, 4.69) is 10.4 Å². The van der Waals surface area contributed by atoms with Gasteiger partial charge in [-0.25, -0.2) is 0 Å². The Kier molecular flexibility index (Phi) is 3.97. The Morgan fingerprint density at radius 2 is 2.29 bits per heavy atom. The maximum atomic E-state index is 9.92. The third-order valence-electron chi connectivity index (χ3n) is 2.46. The van der Waals surface area contributed by atoms with Crippen molar-refractivity contribution in [3.63, 3.8) is 0 Å². The van der Waals surface area contributed by atoms with Crippen LogP contribution in [-0.4, -0.2) is 29.8 Å². The van der Waals surface area contributed by atoms with Gasteiger partial charge in [0.25, 0.3) is 0 Å². The van der Waals surface area contributed by atoms with Crippen LogP contribution in [0.3, 0.4) is 0 Å². The van der Waals surface area contributed by atoms with Crippen molar-refractivity contribution in [3.05, 3.63) is 4.91 Å². The quantitative estimate of drug-likeness (QED) is 0.213. The molecule has 6 nitrogen and oxygen atoms in total. The Morgan fingerprint density at radius 1 is 1.57 bits per heavy atom. The molecule has 0 heterocycles. The molecule has 0 aromatic heterocycles. The fraction of sp³-hybridized carbons (Fsp3) is 0.875. The number of nitroso groups, excluding NO2 is 1. The Labute approximate surface area is 82.1 Å². The van der Waals surface area contributed by atoms with E-state index in [-0.39, 0.29) is 12.4 Å². The van der Waals surface area contributed by atoms with Gasteiger partial charge in [-0.15, -0.1) is 4.91 Å². The van der Waals surface area contributed by atoms with E-state index < -0.39 is 5.60 Å². The van der Waals surface area contributed by atoms with Crippen molar-refractivity contribution in [2.24, 2.45) is 16.1 Å². The number of amidine groups is 1. The summed E-state index contributed by atoms with van der Waals surface area (Å²) in [5, 5.41) is 14.3. The number of ether oxygens (including phenoxy) is 1. The molecule has 1 fully saturated rings. The standard InChI is InChI=1S/C8H15N3O3/c9-7(10-11-13)8(3-1-4-8)14-6-2-5-12/h12H,1-6H2,(H2,9,10,13). The van der Waals surface area contributed by atoms with Crippen LogP contribution in [0.5, 0.6) is 0 Å². The van der Waals surface area contributed by atoms with E-state index in [1.807, 2.05) is 0 Å². The van der Waals surface area contributed by atoms with Gasteiger partial charge in [-0.2, -0.15) is 0 Å². The van der Waals surface area contributed by atoms with Gasteiger partial charge < -0.3 is 15.6 Å². The largest absolute Gasteiger partial charge is 0.396 e. The summed E-state index contributed by atoms with van der Waals surface area (Å²) in [5.74, 6) is 0.150.